The molecule has 0 fully saturated rings. The van der Waals surface area contributed by atoms with E-state index < -0.39 is 5.92 Å². The highest BCUT2D eigenvalue weighted by atomic mass is 16.5. The largest absolute Gasteiger partial charge is 0.468 e. The number of fused-ring (bicyclic) bond motifs is 1. The van der Waals surface area contributed by atoms with Crippen LogP contribution >= 0.6 is 0 Å². The van der Waals surface area contributed by atoms with E-state index in [4.69, 9.17) is 4.74 Å². The van der Waals surface area contributed by atoms with E-state index in [0.717, 1.165) is 22.2 Å². The fraction of sp³-hybridized carbons (Fsp3) is 0.208. The fourth-order valence-corrected chi connectivity index (χ4v) is 4.02. The monoisotopic (exact) mass is 372 g/mol. The maximum absolute atomic E-state index is 12.9. The van der Waals surface area contributed by atoms with Gasteiger partial charge in [0.15, 0.2) is 0 Å². The number of nitrogens with zero attached hydrogens (tertiary/aromatic N) is 2. The first-order valence-corrected chi connectivity index (χ1v) is 9.45. The molecule has 0 aliphatic rings. The number of esters is 1. The number of hydrogen-bond acceptors (Lipinski definition) is 2. The zero-order valence-electron chi connectivity index (χ0n) is 16.4. The van der Waals surface area contributed by atoms with E-state index in [-0.39, 0.29) is 12.0 Å². The molecule has 0 N–H and O–H groups in total. The van der Waals surface area contributed by atoms with Gasteiger partial charge in [0, 0.05) is 36.0 Å². The van der Waals surface area contributed by atoms with Gasteiger partial charge in [-0.1, -0.05) is 48.5 Å². The Kier molecular flexibility index (Phi) is 4.78. The SMILES string of the molecule is COC(=O)[C@H](c1cn(C)c2ccccc12)c1cccn1C(C)c1ccccc1. The minimum atomic E-state index is -0.489. The summed E-state index contributed by atoms with van der Waals surface area (Å²) in [6.45, 7) is 2.15. The van der Waals surface area contributed by atoms with Crippen molar-refractivity contribution in [2.45, 2.75) is 18.9 Å². The predicted molar refractivity (Wildman–Crippen MR) is 111 cm³/mol. The van der Waals surface area contributed by atoms with Crippen molar-refractivity contribution in [2.75, 3.05) is 7.11 Å². The lowest BCUT2D eigenvalue weighted by molar-refractivity contribution is -0.141. The molecule has 2 aromatic heterocycles. The molecule has 142 valence electrons. The Morgan fingerprint density at radius 1 is 0.964 bits per heavy atom. The highest BCUT2D eigenvalue weighted by Crippen LogP contribution is 2.35. The number of carbonyl (C=O) groups excluding carboxylic acids is 1. The van der Waals surface area contributed by atoms with E-state index in [0.29, 0.717) is 0 Å². The van der Waals surface area contributed by atoms with Crippen molar-refractivity contribution < 1.29 is 9.53 Å². The highest BCUT2D eigenvalue weighted by molar-refractivity contribution is 5.92. The molecule has 0 aliphatic carbocycles. The summed E-state index contributed by atoms with van der Waals surface area (Å²) in [5.41, 5.74) is 4.19. The Morgan fingerprint density at radius 3 is 2.43 bits per heavy atom. The van der Waals surface area contributed by atoms with Crippen molar-refractivity contribution in [3.63, 3.8) is 0 Å². The van der Waals surface area contributed by atoms with Crippen molar-refractivity contribution in [1.82, 2.24) is 9.13 Å². The smallest absolute Gasteiger partial charge is 0.319 e. The van der Waals surface area contributed by atoms with Gasteiger partial charge < -0.3 is 13.9 Å². The molecule has 1 unspecified atom stereocenters. The summed E-state index contributed by atoms with van der Waals surface area (Å²) in [5, 5.41) is 1.07. The summed E-state index contributed by atoms with van der Waals surface area (Å²) < 4.78 is 9.46. The average molecular weight is 372 g/mol. The molecule has 4 nitrogen and oxygen atoms in total. The molecule has 2 heterocycles. The van der Waals surface area contributed by atoms with E-state index in [2.05, 4.69) is 40.3 Å². The van der Waals surface area contributed by atoms with Crippen LogP contribution in [-0.4, -0.2) is 22.2 Å². The number of para-hydroxylation sites is 1. The number of ether oxygens (including phenoxy) is 1. The number of aryl methyl sites for hydroxylation is 1. The fourth-order valence-electron chi connectivity index (χ4n) is 4.02. The van der Waals surface area contributed by atoms with Crippen LogP contribution in [0.5, 0.6) is 0 Å². The molecule has 0 spiro atoms. The lowest BCUT2D eigenvalue weighted by Crippen LogP contribution is -2.20. The number of carbonyl (C=O) groups is 1. The average Bonchev–Trinajstić information content (AvgIpc) is 3.34. The maximum atomic E-state index is 12.9. The van der Waals surface area contributed by atoms with Gasteiger partial charge in [-0.25, -0.2) is 0 Å². The van der Waals surface area contributed by atoms with Crippen LogP contribution in [0.2, 0.25) is 0 Å². The molecule has 4 aromatic rings. The third-order valence-corrected chi connectivity index (χ3v) is 5.48. The molecule has 0 aliphatic heterocycles. The van der Waals surface area contributed by atoms with Gasteiger partial charge in [0.1, 0.15) is 5.92 Å². The maximum Gasteiger partial charge on any atom is 0.319 e. The van der Waals surface area contributed by atoms with Crippen LogP contribution in [0.1, 0.15) is 35.7 Å². The van der Waals surface area contributed by atoms with Gasteiger partial charge in [0.05, 0.1) is 13.2 Å². The first-order valence-electron chi connectivity index (χ1n) is 9.45. The van der Waals surface area contributed by atoms with Crippen LogP contribution in [0.3, 0.4) is 0 Å². The van der Waals surface area contributed by atoms with E-state index in [9.17, 15) is 4.79 Å². The Balaban J connectivity index is 1.87. The van der Waals surface area contributed by atoms with Gasteiger partial charge in [-0.3, -0.25) is 4.79 Å². The number of methoxy groups -OCH3 is 1. The summed E-state index contributed by atoms with van der Waals surface area (Å²) in [6.07, 6.45) is 4.07. The standard InChI is InChI=1S/C24H24N2O2/c1-17(18-10-5-4-6-11-18)26-15-9-14-22(26)23(24(27)28-3)20-16-25(2)21-13-8-7-12-19(20)21/h4-17,23H,1-3H3/t17?,23-/m1/s1. The number of rotatable bonds is 5. The van der Waals surface area contributed by atoms with Crippen LogP contribution < -0.4 is 0 Å². The molecular weight excluding hydrogens is 348 g/mol. The van der Waals surface area contributed by atoms with E-state index in [1.807, 2.05) is 61.9 Å². The summed E-state index contributed by atoms with van der Waals surface area (Å²) in [5.74, 6) is -0.742. The second-order valence-electron chi connectivity index (χ2n) is 7.10. The van der Waals surface area contributed by atoms with E-state index in [1.54, 1.807) is 0 Å². The minimum absolute atomic E-state index is 0.105. The Bertz CT molecular complexity index is 1110. The van der Waals surface area contributed by atoms with Crippen LogP contribution in [-0.2, 0) is 16.6 Å². The zero-order valence-corrected chi connectivity index (χ0v) is 16.4. The molecule has 28 heavy (non-hydrogen) atoms. The molecule has 0 saturated carbocycles. The Morgan fingerprint density at radius 2 is 1.68 bits per heavy atom. The molecular formula is C24H24N2O2. The molecule has 0 radical (unpaired) electrons. The summed E-state index contributed by atoms with van der Waals surface area (Å²) in [6, 6.07) is 22.6. The third kappa shape index (κ3) is 3.01. The van der Waals surface area contributed by atoms with E-state index >= 15 is 0 Å². The second kappa shape index (κ2) is 7.39. The highest BCUT2D eigenvalue weighted by Gasteiger charge is 2.30. The van der Waals surface area contributed by atoms with Crippen LogP contribution in [0.25, 0.3) is 10.9 Å². The van der Waals surface area contributed by atoms with Crippen molar-refractivity contribution in [1.29, 1.82) is 0 Å². The lowest BCUT2D eigenvalue weighted by atomic mass is 9.94. The summed E-state index contributed by atoms with van der Waals surface area (Å²) in [4.78, 5) is 12.9. The van der Waals surface area contributed by atoms with Crippen molar-refractivity contribution in [2.24, 2.45) is 7.05 Å². The molecule has 4 heteroatoms. The van der Waals surface area contributed by atoms with Crippen LogP contribution in [0, 0.1) is 0 Å². The molecule has 0 amide bonds. The quantitative estimate of drug-likeness (QED) is 0.468. The van der Waals surface area contributed by atoms with Gasteiger partial charge in [-0.05, 0) is 36.2 Å². The summed E-state index contributed by atoms with van der Waals surface area (Å²) in [7, 11) is 3.46. The van der Waals surface area contributed by atoms with Gasteiger partial charge in [0.25, 0.3) is 0 Å². The molecule has 0 saturated heterocycles. The topological polar surface area (TPSA) is 36.2 Å². The van der Waals surface area contributed by atoms with Crippen molar-refractivity contribution in [3.8, 4) is 0 Å². The number of benzene rings is 2. The third-order valence-electron chi connectivity index (χ3n) is 5.48. The van der Waals surface area contributed by atoms with Gasteiger partial charge in [-0.2, -0.15) is 0 Å². The first-order chi connectivity index (χ1) is 13.6. The first kappa shape index (κ1) is 18.1. The molecule has 4 rings (SSSR count). The van der Waals surface area contributed by atoms with Crippen LogP contribution in [0.4, 0.5) is 0 Å². The van der Waals surface area contributed by atoms with Crippen LogP contribution in [0.15, 0.2) is 79.1 Å². The number of aromatic nitrogens is 2. The normalized spacial score (nSPS) is 13.4. The minimum Gasteiger partial charge on any atom is -0.468 e. The van der Waals surface area contributed by atoms with Crippen molar-refractivity contribution in [3.05, 3.63) is 95.9 Å². The zero-order chi connectivity index (χ0) is 19.7. The Labute approximate surface area is 165 Å². The predicted octanol–water partition coefficient (Wildman–Crippen LogP) is 4.89. The van der Waals surface area contributed by atoms with E-state index in [1.165, 1.54) is 12.7 Å². The Hall–Kier alpha value is -3.27. The van der Waals surface area contributed by atoms with Gasteiger partial charge in [0.2, 0.25) is 0 Å². The second-order valence-corrected chi connectivity index (χ2v) is 7.10. The molecule has 2 atom stereocenters. The summed E-state index contributed by atoms with van der Waals surface area (Å²) >= 11 is 0. The molecule has 2 aromatic carbocycles. The van der Waals surface area contributed by atoms with Gasteiger partial charge >= 0.3 is 5.97 Å². The number of hydrogen-bond donors (Lipinski definition) is 0. The molecule has 0 bridgehead atoms. The van der Waals surface area contributed by atoms with Gasteiger partial charge in [-0.15, -0.1) is 0 Å². The van der Waals surface area contributed by atoms with Crippen molar-refractivity contribution >= 4 is 16.9 Å². The lowest BCUT2D eigenvalue weighted by Gasteiger charge is -2.22.